The number of nitrogens with zero attached hydrogens (tertiary/aromatic N) is 2. The van der Waals surface area contributed by atoms with Crippen LogP contribution in [0.15, 0.2) is 22.7 Å². The Bertz CT molecular complexity index is 708. The van der Waals surface area contributed by atoms with Gasteiger partial charge in [0, 0.05) is 5.56 Å². The van der Waals surface area contributed by atoms with Gasteiger partial charge in [0.25, 0.3) is 0 Å². The van der Waals surface area contributed by atoms with Gasteiger partial charge in [-0.2, -0.15) is 5.26 Å². The lowest BCUT2D eigenvalue weighted by molar-refractivity contribution is 0.304. The Balaban J connectivity index is 1.52. The highest BCUT2D eigenvalue weighted by molar-refractivity contribution is 5.38. The molecule has 0 saturated carbocycles. The quantitative estimate of drug-likeness (QED) is 0.748. The van der Waals surface area contributed by atoms with Crippen molar-refractivity contribution in [3.63, 3.8) is 0 Å². The van der Waals surface area contributed by atoms with Crippen LogP contribution >= 0.6 is 0 Å². The van der Waals surface area contributed by atoms with Crippen molar-refractivity contribution in [3.8, 4) is 11.8 Å². The summed E-state index contributed by atoms with van der Waals surface area (Å²) in [5, 5.41) is 13.3. The van der Waals surface area contributed by atoms with Crippen LogP contribution in [-0.4, -0.2) is 11.8 Å². The van der Waals surface area contributed by atoms with Crippen molar-refractivity contribution in [1.82, 2.24) is 5.16 Å². The van der Waals surface area contributed by atoms with E-state index in [1.807, 2.05) is 13.8 Å². The Morgan fingerprint density at radius 2 is 2.13 bits per heavy atom. The molecule has 0 spiro atoms. The van der Waals surface area contributed by atoms with Gasteiger partial charge in [0.15, 0.2) is 0 Å². The highest BCUT2D eigenvalue weighted by atomic mass is 16.5. The molecule has 3 rings (SSSR count). The monoisotopic (exact) mass is 310 g/mol. The first-order valence-corrected chi connectivity index (χ1v) is 8.26. The van der Waals surface area contributed by atoms with Gasteiger partial charge in [0.1, 0.15) is 11.5 Å². The van der Waals surface area contributed by atoms with E-state index in [4.69, 9.17) is 9.26 Å². The van der Waals surface area contributed by atoms with Gasteiger partial charge in [-0.1, -0.05) is 11.2 Å². The van der Waals surface area contributed by atoms with Gasteiger partial charge >= 0.3 is 0 Å². The van der Waals surface area contributed by atoms with Crippen LogP contribution in [0.25, 0.3) is 0 Å². The van der Waals surface area contributed by atoms with Crippen molar-refractivity contribution >= 4 is 0 Å². The lowest BCUT2D eigenvalue weighted by Gasteiger charge is -2.11. The summed E-state index contributed by atoms with van der Waals surface area (Å²) in [6.07, 6.45) is 5.19. The Morgan fingerprint density at radius 3 is 2.87 bits per heavy atom. The van der Waals surface area contributed by atoms with Gasteiger partial charge in [0.05, 0.1) is 24.3 Å². The molecule has 23 heavy (non-hydrogen) atoms. The molecule has 4 heteroatoms. The number of nitriles is 1. The van der Waals surface area contributed by atoms with Crippen molar-refractivity contribution in [2.24, 2.45) is 0 Å². The van der Waals surface area contributed by atoms with Crippen LogP contribution in [-0.2, 0) is 12.8 Å². The van der Waals surface area contributed by atoms with Crippen LogP contribution in [0.4, 0.5) is 0 Å². The van der Waals surface area contributed by atoms with Gasteiger partial charge in [0.2, 0.25) is 0 Å². The van der Waals surface area contributed by atoms with Crippen molar-refractivity contribution in [1.29, 1.82) is 5.26 Å². The Hall–Kier alpha value is -2.28. The van der Waals surface area contributed by atoms with E-state index in [-0.39, 0.29) is 5.92 Å². The minimum Gasteiger partial charge on any atom is -0.494 e. The topological polar surface area (TPSA) is 59.0 Å². The Kier molecular flexibility index (Phi) is 4.66. The normalized spacial score (nSPS) is 14.3. The minimum absolute atomic E-state index is 0.176. The van der Waals surface area contributed by atoms with E-state index >= 15 is 0 Å². The van der Waals surface area contributed by atoms with Gasteiger partial charge in [-0.3, -0.25) is 0 Å². The zero-order chi connectivity index (χ0) is 16.2. The first-order chi connectivity index (χ1) is 11.2. The predicted molar refractivity (Wildman–Crippen MR) is 87.5 cm³/mol. The molecule has 4 nitrogen and oxygen atoms in total. The summed E-state index contributed by atoms with van der Waals surface area (Å²) in [6.45, 7) is 4.37. The molecular weight excluding hydrogens is 288 g/mol. The summed E-state index contributed by atoms with van der Waals surface area (Å²) in [5.74, 6) is 1.51. The number of benzene rings is 1. The standard InChI is InChI=1S/C19H22N2O2/c1-13-19(14(2)23-21-13)17(12-20)7-4-10-22-18-9-8-15-5-3-6-16(15)11-18/h8-9,11,17H,3-7,10H2,1-2H3. The number of hydrogen-bond donors (Lipinski definition) is 0. The molecule has 0 radical (unpaired) electrons. The second-order valence-electron chi connectivity index (χ2n) is 6.19. The van der Waals surface area contributed by atoms with E-state index in [9.17, 15) is 5.26 Å². The molecule has 1 aromatic carbocycles. The smallest absolute Gasteiger partial charge is 0.138 e. The zero-order valence-electron chi connectivity index (χ0n) is 13.8. The van der Waals surface area contributed by atoms with Crippen molar-refractivity contribution in [3.05, 3.63) is 46.3 Å². The molecule has 0 saturated heterocycles. The molecule has 0 N–H and O–H groups in total. The number of aromatic nitrogens is 1. The van der Waals surface area contributed by atoms with Crippen LogP contribution in [0.5, 0.6) is 5.75 Å². The van der Waals surface area contributed by atoms with E-state index in [0.29, 0.717) is 6.61 Å². The molecule has 1 aliphatic carbocycles. The fraction of sp³-hybridized carbons (Fsp3) is 0.474. The summed E-state index contributed by atoms with van der Waals surface area (Å²) in [6, 6.07) is 8.76. The van der Waals surface area contributed by atoms with Gasteiger partial charge in [-0.15, -0.1) is 0 Å². The Morgan fingerprint density at radius 1 is 1.30 bits per heavy atom. The van der Waals surface area contributed by atoms with Crippen LogP contribution in [0.2, 0.25) is 0 Å². The SMILES string of the molecule is Cc1noc(C)c1C(C#N)CCCOc1ccc2c(c1)CCC2. The summed E-state index contributed by atoms with van der Waals surface area (Å²) in [5.41, 5.74) is 4.63. The molecule has 2 aromatic rings. The van der Waals surface area contributed by atoms with Crippen molar-refractivity contribution in [2.45, 2.75) is 51.9 Å². The number of aryl methyl sites for hydroxylation is 4. The molecule has 0 bridgehead atoms. The molecular formula is C19H22N2O2. The van der Waals surface area contributed by atoms with Gasteiger partial charge in [-0.05, 0) is 69.2 Å². The van der Waals surface area contributed by atoms with Gasteiger partial charge < -0.3 is 9.26 Å². The molecule has 0 aliphatic heterocycles. The van der Waals surface area contributed by atoms with Gasteiger partial charge in [-0.25, -0.2) is 0 Å². The predicted octanol–water partition coefficient (Wildman–Crippen LogP) is 4.25. The summed E-state index contributed by atoms with van der Waals surface area (Å²) in [7, 11) is 0. The van der Waals surface area contributed by atoms with Crippen molar-refractivity contribution in [2.75, 3.05) is 6.61 Å². The first kappa shape index (κ1) is 15.6. The lowest BCUT2D eigenvalue weighted by Crippen LogP contribution is -2.03. The molecule has 1 aromatic heterocycles. The van der Waals surface area contributed by atoms with E-state index < -0.39 is 0 Å². The fourth-order valence-electron chi connectivity index (χ4n) is 3.38. The average molecular weight is 310 g/mol. The maximum Gasteiger partial charge on any atom is 0.138 e. The largest absolute Gasteiger partial charge is 0.494 e. The Labute approximate surface area is 137 Å². The second-order valence-corrected chi connectivity index (χ2v) is 6.19. The van der Waals surface area contributed by atoms with Crippen molar-refractivity contribution < 1.29 is 9.26 Å². The number of ether oxygens (including phenoxy) is 1. The number of rotatable bonds is 6. The van der Waals surface area contributed by atoms with Crippen LogP contribution in [0, 0.1) is 25.2 Å². The summed E-state index contributed by atoms with van der Waals surface area (Å²) in [4.78, 5) is 0. The summed E-state index contributed by atoms with van der Waals surface area (Å²) >= 11 is 0. The average Bonchev–Trinajstić information content (AvgIpc) is 3.15. The third-order valence-electron chi connectivity index (χ3n) is 4.57. The van der Waals surface area contributed by atoms with E-state index in [2.05, 4.69) is 29.4 Å². The van der Waals surface area contributed by atoms with Crippen LogP contribution in [0.1, 0.15) is 53.3 Å². The fourth-order valence-corrected chi connectivity index (χ4v) is 3.38. The highest BCUT2D eigenvalue weighted by Crippen LogP contribution is 2.28. The van der Waals surface area contributed by atoms with E-state index in [1.165, 1.54) is 24.0 Å². The molecule has 1 atom stereocenters. The number of fused-ring (bicyclic) bond motifs is 1. The molecule has 0 amide bonds. The molecule has 1 heterocycles. The third kappa shape index (κ3) is 3.39. The highest BCUT2D eigenvalue weighted by Gasteiger charge is 2.20. The molecule has 120 valence electrons. The lowest BCUT2D eigenvalue weighted by atomic mass is 9.94. The van der Waals surface area contributed by atoms with Crippen LogP contribution in [0.3, 0.4) is 0 Å². The van der Waals surface area contributed by atoms with E-state index in [0.717, 1.165) is 42.0 Å². The third-order valence-corrected chi connectivity index (χ3v) is 4.57. The van der Waals surface area contributed by atoms with E-state index in [1.54, 1.807) is 0 Å². The second kappa shape index (κ2) is 6.87. The molecule has 0 fully saturated rings. The maximum absolute atomic E-state index is 9.41. The van der Waals surface area contributed by atoms with Crippen LogP contribution < -0.4 is 4.74 Å². The minimum atomic E-state index is -0.176. The molecule has 1 unspecified atom stereocenters. The summed E-state index contributed by atoms with van der Waals surface area (Å²) < 4.78 is 11.0. The number of hydrogen-bond acceptors (Lipinski definition) is 4. The maximum atomic E-state index is 9.41. The zero-order valence-corrected chi connectivity index (χ0v) is 13.8. The molecule has 1 aliphatic rings. The first-order valence-electron chi connectivity index (χ1n) is 8.26.